The maximum absolute atomic E-state index is 13.4. The number of carboxylic acids is 1. The van der Waals surface area contributed by atoms with Crippen LogP contribution in [0.3, 0.4) is 0 Å². The second kappa shape index (κ2) is 5.80. The standard InChI is InChI=1S/C13H16F2O3/c1-13(14,15)10-7-3-5-9(12(10)18-2)6-4-8-11(16)17/h3,5,7H,4,6,8H2,1-2H3,(H,16,17). The van der Waals surface area contributed by atoms with Crippen LogP contribution in [0.2, 0.25) is 0 Å². The maximum Gasteiger partial charge on any atom is 0.303 e. The van der Waals surface area contributed by atoms with Gasteiger partial charge < -0.3 is 9.84 Å². The molecule has 0 atom stereocenters. The summed E-state index contributed by atoms with van der Waals surface area (Å²) < 4.78 is 31.7. The van der Waals surface area contributed by atoms with Gasteiger partial charge in [0.1, 0.15) is 5.75 Å². The Balaban J connectivity index is 2.95. The van der Waals surface area contributed by atoms with E-state index >= 15 is 0 Å². The highest BCUT2D eigenvalue weighted by molar-refractivity contribution is 5.66. The van der Waals surface area contributed by atoms with E-state index in [0.717, 1.165) is 6.92 Å². The topological polar surface area (TPSA) is 46.5 Å². The van der Waals surface area contributed by atoms with Crippen molar-refractivity contribution < 1.29 is 23.4 Å². The second-order valence-electron chi connectivity index (χ2n) is 4.13. The molecule has 0 radical (unpaired) electrons. The van der Waals surface area contributed by atoms with Gasteiger partial charge in [0, 0.05) is 13.3 Å². The zero-order valence-electron chi connectivity index (χ0n) is 10.4. The number of carboxylic acid groups (broad SMARTS) is 1. The van der Waals surface area contributed by atoms with Gasteiger partial charge in [0.25, 0.3) is 5.92 Å². The lowest BCUT2D eigenvalue weighted by Gasteiger charge is -2.17. The van der Waals surface area contributed by atoms with Crippen molar-refractivity contribution >= 4 is 5.97 Å². The lowest BCUT2D eigenvalue weighted by molar-refractivity contribution is -0.137. The third-order valence-corrected chi connectivity index (χ3v) is 2.61. The first-order valence-electron chi connectivity index (χ1n) is 5.62. The fourth-order valence-electron chi connectivity index (χ4n) is 1.80. The first kappa shape index (κ1) is 14.4. The summed E-state index contributed by atoms with van der Waals surface area (Å²) in [5.41, 5.74) is 0.440. The SMILES string of the molecule is COc1c(CCCC(=O)O)cccc1C(C)(F)F. The fraction of sp³-hybridized carbons (Fsp3) is 0.462. The summed E-state index contributed by atoms with van der Waals surface area (Å²) >= 11 is 0. The summed E-state index contributed by atoms with van der Waals surface area (Å²) in [5, 5.41) is 8.55. The highest BCUT2D eigenvalue weighted by atomic mass is 19.3. The van der Waals surface area contributed by atoms with Crippen LogP contribution in [0.4, 0.5) is 8.78 Å². The Bertz CT molecular complexity index is 425. The predicted molar refractivity (Wildman–Crippen MR) is 63.1 cm³/mol. The molecule has 0 fully saturated rings. The lowest BCUT2D eigenvalue weighted by Crippen LogP contribution is -2.10. The number of alkyl halides is 2. The average molecular weight is 258 g/mol. The molecule has 0 heterocycles. The number of para-hydroxylation sites is 1. The zero-order chi connectivity index (χ0) is 13.8. The van der Waals surface area contributed by atoms with Crippen LogP contribution in [0.1, 0.15) is 30.9 Å². The monoisotopic (exact) mass is 258 g/mol. The number of ether oxygens (including phenoxy) is 1. The molecule has 0 unspecified atom stereocenters. The van der Waals surface area contributed by atoms with Gasteiger partial charge in [-0.15, -0.1) is 0 Å². The molecule has 5 heteroatoms. The van der Waals surface area contributed by atoms with Crippen molar-refractivity contribution in [3.05, 3.63) is 29.3 Å². The van der Waals surface area contributed by atoms with Crippen molar-refractivity contribution in [3.63, 3.8) is 0 Å². The molecule has 1 aromatic carbocycles. The zero-order valence-corrected chi connectivity index (χ0v) is 10.4. The molecule has 3 nitrogen and oxygen atoms in total. The van der Waals surface area contributed by atoms with Crippen molar-refractivity contribution in [2.45, 2.75) is 32.1 Å². The van der Waals surface area contributed by atoms with Crippen LogP contribution in [0.15, 0.2) is 18.2 Å². The molecule has 100 valence electrons. The molecular weight excluding hydrogens is 242 g/mol. The van der Waals surface area contributed by atoms with Gasteiger partial charge in [-0.25, -0.2) is 8.78 Å². The number of hydrogen-bond donors (Lipinski definition) is 1. The molecule has 1 N–H and O–H groups in total. The Labute approximate surface area is 104 Å². The van der Waals surface area contributed by atoms with Gasteiger partial charge >= 0.3 is 5.97 Å². The number of methoxy groups -OCH3 is 1. The van der Waals surface area contributed by atoms with E-state index in [0.29, 0.717) is 18.4 Å². The van der Waals surface area contributed by atoms with Gasteiger partial charge in [-0.05, 0) is 24.5 Å². The normalized spacial score (nSPS) is 11.3. The summed E-state index contributed by atoms with van der Waals surface area (Å²) in [6.45, 7) is 0.811. The van der Waals surface area contributed by atoms with Crippen LogP contribution in [-0.4, -0.2) is 18.2 Å². The molecular formula is C13H16F2O3. The molecule has 0 aliphatic heterocycles. The molecule has 1 rings (SSSR count). The van der Waals surface area contributed by atoms with Crippen molar-refractivity contribution in [2.75, 3.05) is 7.11 Å². The van der Waals surface area contributed by atoms with Crippen LogP contribution in [0.5, 0.6) is 5.75 Å². The fourth-order valence-corrected chi connectivity index (χ4v) is 1.80. The molecule has 18 heavy (non-hydrogen) atoms. The first-order chi connectivity index (χ1) is 8.36. The summed E-state index contributed by atoms with van der Waals surface area (Å²) in [7, 11) is 1.34. The molecule has 1 aromatic rings. The highest BCUT2D eigenvalue weighted by Gasteiger charge is 2.29. The quantitative estimate of drug-likeness (QED) is 0.852. The number of benzene rings is 1. The van der Waals surface area contributed by atoms with Crippen molar-refractivity contribution in [1.82, 2.24) is 0 Å². The van der Waals surface area contributed by atoms with Crippen molar-refractivity contribution in [2.24, 2.45) is 0 Å². The van der Waals surface area contributed by atoms with E-state index in [1.165, 1.54) is 19.2 Å². The number of aryl methyl sites for hydroxylation is 1. The minimum absolute atomic E-state index is 0.00982. The Morgan fingerprint density at radius 3 is 2.61 bits per heavy atom. The molecule has 0 amide bonds. The van der Waals surface area contributed by atoms with E-state index in [9.17, 15) is 13.6 Å². The Hall–Kier alpha value is -1.65. The maximum atomic E-state index is 13.4. The van der Waals surface area contributed by atoms with Crippen LogP contribution in [-0.2, 0) is 17.1 Å². The Morgan fingerprint density at radius 2 is 2.11 bits per heavy atom. The smallest absolute Gasteiger partial charge is 0.303 e. The highest BCUT2D eigenvalue weighted by Crippen LogP contribution is 2.37. The summed E-state index contributed by atoms with van der Waals surface area (Å²) in [4.78, 5) is 10.4. The molecule has 0 aromatic heterocycles. The van der Waals surface area contributed by atoms with E-state index in [2.05, 4.69) is 0 Å². The van der Waals surface area contributed by atoms with E-state index in [-0.39, 0.29) is 17.7 Å². The van der Waals surface area contributed by atoms with Gasteiger partial charge in [-0.1, -0.05) is 12.1 Å². The summed E-state index contributed by atoms with van der Waals surface area (Å²) in [6.07, 6.45) is 0.805. The molecule has 0 aliphatic carbocycles. The first-order valence-corrected chi connectivity index (χ1v) is 5.62. The lowest BCUT2D eigenvalue weighted by atomic mass is 10.0. The molecule has 0 spiro atoms. The second-order valence-corrected chi connectivity index (χ2v) is 4.13. The predicted octanol–water partition coefficient (Wildman–Crippen LogP) is 3.21. The Kier molecular flexibility index (Phi) is 4.64. The van der Waals surface area contributed by atoms with Gasteiger partial charge in [-0.3, -0.25) is 4.79 Å². The summed E-state index contributed by atoms with van der Waals surface area (Å²) in [6, 6.07) is 4.53. The van der Waals surface area contributed by atoms with E-state index in [1.54, 1.807) is 6.07 Å². The third kappa shape index (κ3) is 3.68. The van der Waals surface area contributed by atoms with Crippen LogP contribution >= 0.6 is 0 Å². The number of rotatable bonds is 6. The van der Waals surface area contributed by atoms with Crippen LogP contribution < -0.4 is 4.74 Å². The summed E-state index contributed by atoms with van der Waals surface area (Å²) in [5.74, 6) is -3.73. The Morgan fingerprint density at radius 1 is 1.44 bits per heavy atom. The number of halogens is 2. The van der Waals surface area contributed by atoms with Crippen LogP contribution in [0.25, 0.3) is 0 Å². The van der Waals surface area contributed by atoms with Gasteiger partial charge in [0.2, 0.25) is 0 Å². The minimum Gasteiger partial charge on any atom is -0.496 e. The number of carbonyl (C=O) groups is 1. The van der Waals surface area contributed by atoms with E-state index in [1.807, 2.05) is 0 Å². The number of hydrogen-bond acceptors (Lipinski definition) is 2. The van der Waals surface area contributed by atoms with Crippen molar-refractivity contribution in [3.8, 4) is 5.75 Å². The molecule has 0 bridgehead atoms. The molecule has 0 aliphatic rings. The molecule has 0 saturated carbocycles. The van der Waals surface area contributed by atoms with E-state index < -0.39 is 11.9 Å². The largest absolute Gasteiger partial charge is 0.496 e. The average Bonchev–Trinajstić information content (AvgIpc) is 2.27. The van der Waals surface area contributed by atoms with Gasteiger partial charge in [-0.2, -0.15) is 0 Å². The van der Waals surface area contributed by atoms with Crippen molar-refractivity contribution in [1.29, 1.82) is 0 Å². The third-order valence-electron chi connectivity index (χ3n) is 2.61. The van der Waals surface area contributed by atoms with E-state index in [4.69, 9.17) is 9.84 Å². The van der Waals surface area contributed by atoms with Gasteiger partial charge in [0.05, 0.1) is 12.7 Å². The molecule has 0 saturated heterocycles. The number of aliphatic carboxylic acids is 1. The minimum atomic E-state index is -2.98. The van der Waals surface area contributed by atoms with Crippen LogP contribution in [0, 0.1) is 0 Å². The van der Waals surface area contributed by atoms with Gasteiger partial charge in [0.15, 0.2) is 0 Å².